The van der Waals surface area contributed by atoms with E-state index < -0.39 is 0 Å². The highest BCUT2D eigenvalue weighted by Gasteiger charge is 2.39. The maximum atomic E-state index is 12.8. The van der Waals surface area contributed by atoms with Crippen molar-refractivity contribution in [2.75, 3.05) is 13.2 Å². The van der Waals surface area contributed by atoms with E-state index in [4.69, 9.17) is 4.74 Å². The minimum absolute atomic E-state index is 0.0163. The lowest BCUT2D eigenvalue weighted by Crippen LogP contribution is -2.44. The molecule has 112 valence electrons. The van der Waals surface area contributed by atoms with Gasteiger partial charge in [0.15, 0.2) is 0 Å². The molecule has 0 aromatic heterocycles. The van der Waals surface area contributed by atoms with Gasteiger partial charge in [-0.05, 0) is 43.7 Å². The number of esters is 1. The molecule has 1 amide bonds. The Morgan fingerprint density at radius 3 is 2.52 bits per heavy atom. The lowest BCUT2D eigenvalue weighted by molar-refractivity contribution is -0.154. The van der Waals surface area contributed by atoms with E-state index in [0.29, 0.717) is 13.2 Å². The number of ether oxygens (including phenoxy) is 1. The molecule has 0 saturated carbocycles. The molecule has 1 aliphatic heterocycles. The number of benzene rings is 1. The van der Waals surface area contributed by atoms with Crippen molar-refractivity contribution in [2.24, 2.45) is 5.92 Å². The molecular formula is C17H21NO3. The fourth-order valence-corrected chi connectivity index (χ4v) is 3.48. The van der Waals surface area contributed by atoms with Crippen LogP contribution in [-0.2, 0) is 27.2 Å². The number of hydrogen-bond donors (Lipinski definition) is 0. The Bertz CT molecular complexity index is 530. The maximum absolute atomic E-state index is 12.8. The van der Waals surface area contributed by atoms with Crippen molar-refractivity contribution < 1.29 is 14.3 Å². The minimum Gasteiger partial charge on any atom is -0.464 e. The van der Waals surface area contributed by atoms with Crippen LogP contribution in [0.3, 0.4) is 0 Å². The molecule has 0 spiro atoms. The number of carbonyl (C=O) groups is 2. The van der Waals surface area contributed by atoms with Crippen LogP contribution in [0.25, 0.3) is 0 Å². The highest BCUT2D eigenvalue weighted by Crippen LogP contribution is 2.30. The van der Waals surface area contributed by atoms with Gasteiger partial charge in [0.05, 0.1) is 6.61 Å². The summed E-state index contributed by atoms with van der Waals surface area (Å²) in [6, 6.07) is 7.85. The molecule has 4 nitrogen and oxygen atoms in total. The van der Waals surface area contributed by atoms with Gasteiger partial charge in [0.2, 0.25) is 5.91 Å². The third-order valence-corrected chi connectivity index (χ3v) is 4.49. The summed E-state index contributed by atoms with van der Waals surface area (Å²) in [6.45, 7) is 2.84. The molecule has 4 heteroatoms. The predicted octanol–water partition coefficient (Wildman–Crippen LogP) is 1.96. The monoisotopic (exact) mass is 287 g/mol. The standard InChI is InChI=1S/C17H21NO3/c1-2-21-17(20)15-8-5-9-18(15)16(19)14-10-12-6-3-4-7-13(12)11-14/h3-4,6-7,14-15H,2,5,8-11H2,1H3. The largest absolute Gasteiger partial charge is 0.464 e. The van der Waals surface area contributed by atoms with E-state index in [1.165, 1.54) is 11.1 Å². The van der Waals surface area contributed by atoms with Crippen molar-refractivity contribution in [3.63, 3.8) is 0 Å². The Balaban J connectivity index is 1.70. The molecular weight excluding hydrogens is 266 g/mol. The quantitative estimate of drug-likeness (QED) is 0.798. The molecule has 1 heterocycles. The first kappa shape index (κ1) is 14.1. The molecule has 1 saturated heterocycles. The average Bonchev–Trinajstić information content (AvgIpc) is 3.13. The summed E-state index contributed by atoms with van der Waals surface area (Å²) in [6.07, 6.45) is 3.20. The van der Waals surface area contributed by atoms with Gasteiger partial charge in [-0.2, -0.15) is 0 Å². The number of fused-ring (bicyclic) bond motifs is 1. The summed E-state index contributed by atoms with van der Waals surface area (Å²) in [4.78, 5) is 26.5. The summed E-state index contributed by atoms with van der Waals surface area (Å²) in [5.74, 6) is -0.155. The maximum Gasteiger partial charge on any atom is 0.328 e. The Morgan fingerprint density at radius 2 is 1.90 bits per heavy atom. The first-order valence-corrected chi connectivity index (χ1v) is 7.74. The SMILES string of the molecule is CCOC(=O)C1CCCN1C(=O)C1Cc2ccccc2C1. The molecule has 1 fully saturated rings. The Labute approximate surface area is 125 Å². The number of likely N-dealkylation sites (tertiary alicyclic amines) is 1. The van der Waals surface area contributed by atoms with Gasteiger partial charge in [-0.1, -0.05) is 24.3 Å². The fourth-order valence-electron chi connectivity index (χ4n) is 3.48. The fraction of sp³-hybridized carbons (Fsp3) is 0.529. The van der Waals surface area contributed by atoms with Crippen LogP contribution in [-0.4, -0.2) is 36.0 Å². The second kappa shape index (κ2) is 5.88. The van der Waals surface area contributed by atoms with Crippen LogP contribution in [0.1, 0.15) is 30.9 Å². The third-order valence-electron chi connectivity index (χ3n) is 4.49. The van der Waals surface area contributed by atoms with E-state index in [1.807, 2.05) is 12.1 Å². The molecule has 0 radical (unpaired) electrons. The van der Waals surface area contributed by atoms with Crippen molar-refractivity contribution in [1.82, 2.24) is 4.90 Å². The first-order chi connectivity index (χ1) is 10.2. The van der Waals surface area contributed by atoms with Gasteiger partial charge in [0, 0.05) is 12.5 Å². The van der Waals surface area contributed by atoms with E-state index in [9.17, 15) is 9.59 Å². The van der Waals surface area contributed by atoms with Crippen molar-refractivity contribution in [1.29, 1.82) is 0 Å². The zero-order valence-electron chi connectivity index (χ0n) is 12.4. The van der Waals surface area contributed by atoms with E-state index in [1.54, 1.807) is 11.8 Å². The van der Waals surface area contributed by atoms with Gasteiger partial charge < -0.3 is 9.64 Å². The van der Waals surface area contributed by atoms with Gasteiger partial charge >= 0.3 is 5.97 Å². The Kier molecular flexibility index (Phi) is 3.95. The summed E-state index contributed by atoms with van der Waals surface area (Å²) < 4.78 is 5.10. The minimum atomic E-state index is -0.374. The number of hydrogen-bond acceptors (Lipinski definition) is 3. The van der Waals surface area contributed by atoms with Gasteiger partial charge in [0.1, 0.15) is 6.04 Å². The van der Waals surface area contributed by atoms with Gasteiger partial charge in [0.25, 0.3) is 0 Å². The summed E-state index contributed by atoms with van der Waals surface area (Å²) >= 11 is 0. The van der Waals surface area contributed by atoms with Crippen molar-refractivity contribution in [2.45, 2.75) is 38.6 Å². The predicted molar refractivity (Wildman–Crippen MR) is 78.7 cm³/mol. The lowest BCUT2D eigenvalue weighted by Gasteiger charge is -2.25. The molecule has 21 heavy (non-hydrogen) atoms. The van der Waals surface area contributed by atoms with Crippen LogP contribution in [0.4, 0.5) is 0 Å². The van der Waals surface area contributed by atoms with E-state index >= 15 is 0 Å². The number of carbonyl (C=O) groups excluding carboxylic acids is 2. The molecule has 1 atom stereocenters. The van der Waals surface area contributed by atoms with Gasteiger partial charge in [-0.25, -0.2) is 4.79 Å². The zero-order valence-corrected chi connectivity index (χ0v) is 12.4. The van der Waals surface area contributed by atoms with Crippen LogP contribution in [0.15, 0.2) is 24.3 Å². The van der Waals surface area contributed by atoms with Crippen LogP contribution < -0.4 is 0 Å². The van der Waals surface area contributed by atoms with Crippen molar-refractivity contribution >= 4 is 11.9 Å². The second-order valence-electron chi connectivity index (χ2n) is 5.82. The molecule has 1 aromatic carbocycles. The zero-order chi connectivity index (χ0) is 14.8. The molecule has 0 N–H and O–H groups in total. The second-order valence-corrected chi connectivity index (χ2v) is 5.82. The molecule has 2 aliphatic rings. The molecule has 1 unspecified atom stereocenters. The Morgan fingerprint density at radius 1 is 1.24 bits per heavy atom. The molecule has 1 aliphatic carbocycles. The van der Waals surface area contributed by atoms with Crippen LogP contribution in [0.2, 0.25) is 0 Å². The Hall–Kier alpha value is -1.84. The van der Waals surface area contributed by atoms with Crippen LogP contribution in [0.5, 0.6) is 0 Å². The van der Waals surface area contributed by atoms with E-state index in [0.717, 1.165) is 25.7 Å². The summed E-state index contributed by atoms with van der Waals surface area (Å²) in [5, 5.41) is 0. The lowest BCUT2D eigenvalue weighted by atomic mass is 10.0. The van der Waals surface area contributed by atoms with Crippen LogP contribution >= 0.6 is 0 Å². The topological polar surface area (TPSA) is 46.6 Å². The van der Waals surface area contributed by atoms with Crippen molar-refractivity contribution in [3.8, 4) is 0 Å². The first-order valence-electron chi connectivity index (χ1n) is 7.74. The molecule has 1 aromatic rings. The third kappa shape index (κ3) is 2.67. The van der Waals surface area contributed by atoms with Gasteiger partial charge in [-0.3, -0.25) is 4.79 Å². The molecule has 3 rings (SSSR count). The highest BCUT2D eigenvalue weighted by atomic mass is 16.5. The normalized spacial score (nSPS) is 21.4. The van der Waals surface area contributed by atoms with E-state index in [-0.39, 0.29) is 23.8 Å². The van der Waals surface area contributed by atoms with Crippen molar-refractivity contribution in [3.05, 3.63) is 35.4 Å². The van der Waals surface area contributed by atoms with E-state index in [2.05, 4.69) is 12.1 Å². The van der Waals surface area contributed by atoms with Crippen LogP contribution in [0, 0.1) is 5.92 Å². The summed E-state index contributed by atoms with van der Waals surface area (Å²) in [5.41, 5.74) is 2.53. The number of rotatable bonds is 3. The van der Waals surface area contributed by atoms with Gasteiger partial charge in [-0.15, -0.1) is 0 Å². The smallest absolute Gasteiger partial charge is 0.328 e. The summed E-state index contributed by atoms with van der Waals surface area (Å²) in [7, 11) is 0. The molecule has 0 bridgehead atoms. The highest BCUT2D eigenvalue weighted by molar-refractivity contribution is 5.87. The number of nitrogens with zero attached hydrogens (tertiary/aromatic N) is 1. The number of amides is 1. The average molecular weight is 287 g/mol.